The van der Waals surface area contributed by atoms with Crippen LogP contribution < -0.4 is 10.6 Å². The van der Waals surface area contributed by atoms with Crippen molar-refractivity contribution in [2.24, 2.45) is 0 Å². The van der Waals surface area contributed by atoms with Crippen molar-refractivity contribution in [3.63, 3.8) is 0 Å². The molecule has 0 saturated carbocycles. The smallest absolute Gasteiger partial charge is 0.259 e. The van der Waals surface area contributed by atoms with Gasteiger partial charge in [0.2, 0.25) is 0 Å². The largest absolute Gasteiger partial charge is 0.399 e. The number of nitrogens with zero attached hydrogens (tertiary/aromatic N) is 1. The van der Waals surface area contributed by atoms with Gasteiger partial charge in [0, 0.05) is 22.9 Å². The van der Waals surface area contributed by atoms with Crippen LogP contribution >= 0.6 is 23.2 Å². The Morgan fingerprint density at radius 1 is 1.19 bits per heavy atom. The highest BCUT2D eigenvalue weighted by Crippen LogP contribution is 2.26. The Morgan fingerprint density at radius 2 is 1.95 bits per heavy atom. The fraction of sp³-hybridized carbons (Fsp3) is 0.188. The zero-order valence-corrected chi connectivity index (χ0v) is 13.2. The average molecular weight is 323 g/mol. The summed E-state index contributed by atoms with van der Waals surface area (Å²) in [5.74, 6) is -0.185. The van der Waals surface area contributed by atoms with E-state index in [9.17, 15) is 4.79 Å². The lowest BCUT2D eigenvalue weighted by Gasteiger charge is -2.23. The van der Waals surface area contributed by atoms with Crippen molar-refractivity contribution in [1.82, 2.24) is 0 Å². The fourth-order valence-corrected chi connectivity index (χ4v) is 2.44. The van der Waals surface area contributed by atoms with E-state index in [0.717, 1.165) is 12.1 Å². The van der Waals surface area contributed by atoms with E-state index in [1.54, 1.807) is 35.2 Å². The van der Waals surface area contributed by atoms with Gasteiger partial charge in [0.1, 0.15) is 0 Å². The second-order valence-electron chi connectivity index (χ2n) is 4.68. The highest BCUT2D eigenvalue weighted by molar-refractivity contribution is 6.36. The van der Waals surface area contributed by atoms with Crippen LogP contribution in [0.3, 0.4) is 0 Å². The van der Waals surface area contributed by atoms with Gasteiger partial charge in [-0.3, -0.25) is 4.79 Å². The second-order valence-corrected chi connectivity index (χ2v) is 5.52. The number of carbonyl (C=O) groups is 1. The van der Waals surface area contributed by atoms with E-state index in [2.05, 4.69) is 0 Å². The Hall–Kier alpha value is -1.71. The van der Waals surface area contributed by atoms with Crippen LogP contribution in [-0.2, 0) is 0 Å². The minimum absolute atomic E-state index is 0.185. The van der Waals surface area contributed by atoms with Gasteiger partial charge in [-0.15, -0.1) is 0 Å². The highest BCUT2D eigenvalue weighted by Gasteiger charge is 2.20. The van der Waals surface area contributed by atoms with E-state index < -0.39 is 0 Å². The van der Waals surface area contributed by atoms with Crippen molar-refractivity contribution in [2.75, 3.05) is 17.2 Å². The maximum absolute atomic E-state index is 12.8. The summed E-state index contributed by atoms with van der Waals surface area (Å²) < 4.78 is 0. The molecule has 0 radical (unpaired) electrons. The summed E-state index contributed by atoms with van der Waals surface area (Å²) in [6.45, 7) is 2.58. The lowest BCUT2D eigenvalue weighted by molar-refractivity contribution is 0.0987. The van der Waals surface area contributed by atoms with Gasteiger partial charge >= 0.3 is 0 Å². The molecule has 21 heavy (non-hydrogen) atoms. The van der Waals surface area contributed by atoms with E-state index in [-0.39, 0.29) is 5.91 Å². The van der Waals surface area contributed by atoms with Crippen molar-refractivity contribution in [2.45, 2.75) is 13.3 Å². The molecule has 2 aromatic rings. The molecule has 5 heteroatoms. The minimum Gasteiger partial charge on any atom is -0.399 e. The molecule has 2 aromatic carbocycles. The molecule has 0 aliphatic rings. The summed E-state index contributed by atoms with van der Waals surface area (Å²) in [5.41, 5.74) is 7.55. The van der Waals surface area contributed by atoms with Gasteiger partial charge in [-0.05, 0) is 42.8 Å². The molecule has 0 saturated heterocycles. The molecule has 0 bridgehead atoms. The second kappa shape index (κ2) is 6.83. The molecule has 0 heterocycles. The van der Waals surface area contributed by atoms with Gasteiger partial charge in [-0.2, -0.15) is 0 Å². The number of hydrogen-bond donors (Lipinski definition) is 1. The predicted octanol–water partition coefficient (Wildman–Crippen LogP) is 4.63. The first-order valence-electron chi connectivity index (χ1n) is 6.65. The first kappa shape index (κ1) is 15.7. The standard InChI is InChI=1S/C16H16Cl2N2O/c1-2-8-20(13-5-3-4-12(19)10-13)16(21)14-9-11(17)6-7-15(14)18/h3-7,9-10H,2,8,19H2,1H3. The Bertz CT molecular complexity index is 658. The normalized spacial score (nSPS) is 10.4. The van der Waals surface area contributed by atoms with Crippen LogP contribution in [0.2, 0.25) is 10.0 Å². The highest BCUT2D eigenvalue weighted by atomic mass is 35.5. The summed E-state index contributed by atoms with van der Waals surface area (Å²) in [5, 5.41) is 0.862. The zero-order chi connectivity index (χ0) is 15.4. The molecule has 0 atom stereocenters. The summed E-state index contributed by atoms with van der Waals surface area (Å²) in [6, 6.07) is 12.1. The maximum Gasteiger partial charge on any atom is 0.259 e. The molecule has 2 N–H and O–H groups in total. The summed E-state index contributed by atoms with van der Waals surface area (Å²) in [4.78, 5) is 14.4. The zero-order valence-electron chi connectivity index (χ0n) is 11.6. The first-order valence-corrected chi connectivity index (χ1v) is 7.41. The monoisotopic (exact) mass is 322 g/mol. The van der Waals surface area contributed by atoms with Crippen molar-refractivity contribution in [3.8, 4) is 0 Å². The number of nitrogen functional groups attached to an aromatic ring is 1. The van der Waals surface area contributed by atoms with Crippen LogP contribution in [0.25, 0.3) is 0 Å². The average Bonchev–Trinajstić information content (AvgIpc) is 2.46. The van der Waals surface area contributed by atoms with E-state index in [1.807, 2.05) is 19.1 Å². The van der Waals surface area contributed by atoms with Crippen molar-refractivity contribution in [1.29, 1.82) is 0 Å². The number of anilines is 2. The SMILES string of the molecule is CCCN(C(=O)c1cc(Cl)ccc1Cl)c1cccc(N)c1. The van der Waals surface area contributed by atoms with E-state index in [0.29, 0.717) is 27.8 Å². The van der Waals surface area contributed by atoms with Gasteiger partial charge in [0.15, 0.2) is 0 Å². The van der Waals surface area contributed by atoms with Crippen LogP contribution in [-0.4, -0.2) is 12.5 Å². The molecule has 2 rings (SSSR count). The fourth-order valence-electron chi connectivity index (χ4n) is 2.07. The molecular formula is C16H16Cl2N2O. The number of benzene rings is 2. The third-order valence-corrected chi connectivity index (χ3v) is 3.60. The van der Waals surface area contributed by atoms with E-state index in [1.165, 1.54) is 0 Å². The molecule has 0 fully saturated rings. The molecule has 0 aliphatic carbocycles. The first-order chi connectivity index (χ1) is 10.0. The molecule has 0 spiro atoms. The van der Waals surface area contributed by atoms with E-state index >= 15 is 0 Å². The Morgan fingerprint density at radius 3 is 2.62 bits per heavy atom. The molecule has 110 valence electrons. The lowest BCUT2D eigenvalue weighted by atomic mass is 10.1. The van der Waals surface area contributed by atoms with E-state index in [4.69, 9.17) is 28.9 Å². The lowest BCUT2D eigenvalue weighted by Crippen LogP contribution is -2.32. The minimum atomic E-state index is -0.185. The van der Waals surface area contributed by atoms with Gasteiger partial charge in [0.05, 0.1) is 10.6 Å². The van der Waals surface area contributed by atoms with Gasteiger partial charge < -0.3 is 10.6 Å². The summed E-state index contributed by atoms with van der Waals surface area (Å²) >= 11 is 12.1. The summed E-state index contributed by atoms with van der Waals surface area (Å²) in [7, 11) is 0. The van der Waals surface area contributed by atoms with Crippen molar-refractivity contribution in [3.05, 3.63) is 58.1 Å². The van der Waals surface area contributed by atoms with Gasteiger partial charge in [-0.25, -0.2) is 0 Å². The van der Waals surface area contributed by atoms with Crippen molar-refractivity contribution >= 4 is 40.5 Å². The number of halogens is 2. The summed E-state index contributed by atoms with van der Waals surface area (Å²) in [6.07, 6.45) is 0.818. The maximum atomic E-state index is 12.8. The number of carbonyl (C=O) groups excluding carboxylic acids is 1. The van der Waals surface area contributed by atoms with Crippen LogP contribution in [0.1, 0.15) is 23.7 Å². The van der Waals surface area contributed by atoms with Crippen LogP contribution in [0.4, 0.5) is 11.4 Å². The van der Waals surface area contributed by atoms with Crippen LogP contribution in [0.5, 0.6) is 0 Å². The number of nitrogens with two attached hydrogens (primary N) is 1. The molecule has 0 aromatic heterocycles. The molecule has 1 amide bonds. The van der Waals surface area contributed by atoms with Gasteiger partial charge in [0.25, 0.3) is 5.91 Å². The number of rotatable bonds is 4. The van der Waals surface area contributed by atoms with Crippen LogP contribution in [0, 0.1) is 0 Å². The molecule has 3 nitrogen and oxygen atoms in total. The molecule has 0 aliphatic heterocycles. The third-order valence-electron chi connectivity index (χ3n) is 3.03. The number of hydrogen-bond acceptors (Lipinski definition) is 2. The predicted molar refractivity (Wildman–Crippen MR) is 89.3 cm³/mol. The van der Waals surface area contributed by atoms with Crippen molar-refractivity contribution < 1.29 is 4.79 Å². The topological polar surface area (TPSA) is 46.3 Å². The molecule has 0 unspecified atom stereocenters. The van der Waals surface area contributed by atoms with Gasteiger partial charge in [-0.1, -0.05) is 36.2 Å². The number of amides is 1. The van der Waals surface area contributed by atoms with Crippen LogP contribution in [0.15, 0.2) is 42.5 Å². The quantitative estimate of drug-likeness (QED) is 0.834. The Kier molecular flexibility index (Phi) is 5.10. The third kappa shape index (κ3) is 3.69. The molecular weight excluding hydrogens is 307 g/mol. The Balaban J connectivity index is 2.42. The Labute approximate surface area is 134 Å².